The van der Waals surface area contributed by atoms with Gasteiger partial charge in [0.05, 0.1) is 0 Å². The van der Waals surface area contributed by atoms with Crippen molar-refractivity contribution in [3.8, 4) is 0 Å². The van der Waals surface area contributed by atoms with E-state index in [2.05, 4.69) is 12.1 Å². The first-order chi connectivity index (χ1) is 7.81. The lowest BCUT2D eigenvalue weighted by Crippen LogP contribution is -1.99. The van der Waals surface area contributed by atoms with Crippen LogP contribution in [0.1, 0.15) is 67.3 Å². The molecular formula is C15H20O. The molecule has 0 spiro atoms. The van der Waals surface area contributed by atoms with Gasteiger partial charge in [0, 0.05) is 12.0 Å². The van der Waals surface area contributed by atoms with Crippen molar-refractivity contribution < 1.29 is 4.79 Å². The number of rotatable bonds is 4. The SMILES string of the molecule is CCCC(=O)c1ccc(C2CCCC2)cc1. The monoisotopic (exact) mass is 216 g/mol. The summed E-state index contributed by atoms with van der Waals surface area (Å²) in [5.41, 5.74) is 2.30. The Kier molecular flexibility index (Phi) is 3.76. The molecule has 86 valence electrons. The Morgan fingerprint density at radius 2 is 1.81 bits per heavy atom. The lowest BCUT2D eigenvalue weighted by atomic mass is 9.95. The molecule has 1 aromatic rings. The Morgan fingerprint density at radius 3 is 2.38 bits per heavy atom. The molecule has 0 heterocycles. The van der Waals surface area contributed by atoms with Gasteiger partial charge in [-0.15, -0.1) is 0 Å². The van der Waals surface area contributed by atoms with Crippen molar-refractivity contribution in [3.63, 3.8) is 0 Å². The van der Waals surface area contributed by atoms with Crippen molar-refractivity contribution in [2.45, 2.75) is 51.4 Å². The summed E-state index contributed by atoms with van der Waals surface area (Å²) in [5, 5.41) is 0. The normalized spacial score (nSPS) is 16.6. The molecule has 0 radical (unpaired) electrons. The van der Waals surface area contributed by atoms with Crippen LogP contribution in [0.5, 0.6) is 0 Å². The maximum Gasteiger partial charge on any atom is 0.162 e. The first-order valence-corrected chi connectivity index (χ1v) is 6.44. The zero-order chi connectivity index (χ0) is 11.4. The Labute approximate surface area is 97.9 Å². The maximum atomic E-state index is 11.7. The number of ketones is 1. The highest BCUT2D eigenvalue weighted by Gasteiger charge is 2.16. The van der Waals surface area contributed by atoms with Crippen LogP contribution in [0.25, 0.3) is 0 Å². The fraction of sp³-hybridized carbons (Fsp3) is 0.533. The largest absolute Gasteiger partial charge is 0.294 e. The number of hydrogen-bond donors (Lipinski definition) is 0. The number of carbonyl (C=O) groups is 1. The van der Waals surface area contributed by atoms with Gasteiger partial charge in [-0.3, -0.25) is 4.79 Å². The molecule has 1 fully saturated rings. The van der Waals surface area contributed by atoms with E-state index in [9.17, 15) is 4.79 Å². The van der Waals surface area contributed by atoms with Gasteiger partial charge in [0.25, 0.3) is 0 Å². The van der Waals surface area contributed by atoms with Crippen molar-refractivity contribution >= 4 is 5.78 Å². The standard InChI is InChI=1S/C15H20O/c1-2-5-15(16)14-10-8-13(9-11-14)12-6-3-4-7-12/h8-12H,2-7H2,1H3. The molecule has 0 atom stereocenters. The molecule has 1 nitrogen and oxygen atoms in total. The summed E-state index contributed by atoms with van der Waals surface area (Å²) in [7, 11) is 0. The summed E-state index contributed by atoms with van der Waals surface area (Å²) >= 11 is 0. The van der Waals surface area contributed by atoms with E-state index < -0.39 is 0 Å². The van der Waals surface area contributed by atoms with E-state index in [-0.39, 0.29) is 5.78 Å². The van der Waals surface area contributed by atoms with Crippen LogP contribution in [-0.4, -0.2) is 5.78 Å². The first-order valence-electron chi connectivity index (χ1n) is 6.44. The molecule has 0 unspecified atom stereocenters. The summed E-state index contributed by atoms with van der Waals surface area (Å²) in [6.45, 7) is 2.05. The summed E-state index contributed by atoms with van der Waals surface area (Å²) < 4.78 is 0. The highest BCUT2D eigenvalue weighted by atomic mass is 16.1. The minimum Gasteiger partial charge on any atom is -0.294 e. The highest BCUT2D eigenvalue weighted by Crippen LogP contribution is 2.33. The molecule has 0 aliphatic heterocycles. The van der Waals surface area contributed by atoms with E-state index in [4.69, 9.17) is 0 Å². The smallest absolute Gasteiger partial charge is 0.162 e. The third kappa shape index (κ3) is 2.52. The molecule has 2 rings (SSSR count). The van der Waals surface area contributed by atoms with Gasteiger partial charge >= 0.3 is 0 Å². The summed E-state index contributed by atoms with van der Waals surface area (Å²) in [6, 6.07) is 8.31. The second kappa shape index (κ2) is 5.29. The van der Waals surface area contributed by atoms with Crippen LogP contribution in [0.15, 0.2) is 24.3 Å². The van der Waals surface area contributed by atoms with E-state index in [1.165, 1.54) is 31.2 Å². The number of hydrogen-bond acceptors (Lipinski definition) is 1. The quantitative estimate of drug-likeness (QED) is 0.685. The fourth-order valence-electron chi connectivity index (χ4n) is 2.57. The summed E-state index contributed by atoms with van der Waals surface area (Å²) in [4.78, 5) is 11.7. The van der Waals surface area contributed by atoms with Gasteiger partial charge in [0.1, 0.15) is 0 Å². The second-order valence-corrected chi connectivity index (χ2v) is 4.78. The Hall–Kier alpha value is -1.11. The Bertz CT molecular complexity index is 344. The number of Topliss-reactive ketones (excluding diaryl/α,β-unsaturated/α-hetero) is 1. The topological polar surface area (TPSA) is 17.1 Å². The fourth-order valence-corrected chi connectivity index (χ4v) is 2.57. The van der Waals surface area contributed by atoms with Crippen molar-refractivity contribution in [3.05, 3.63) is 35.4 Å². The predicted molar refractivity (Wildman–Crippen MR) is 66.9 cm³/mol. The van der Waals surface area contributed by atoms with Crippen LogP contribution in [0, 0.1) is 0 Å². The molecular weight excluding hydrogens is 196 g/mol. The van der Waals surface area contributed by atoms with Gasteiger partial charge < -0.3 is 0 Å². The molecule has 1 heteroatoms. The van der Waals surface area contributed by atoms with Crippen LogP contribution < -0.4 is 0 Å². The third-order valence-electron chi connectivity index (χ3n) is 3.54. The van der Waals surface area contributed by atoms with Crippen molar-refractivity contribution in [1.82, 2.24) is 0 Å². The van der Waals surface area contributed by atoms with E-state index >= 15 is 0 Å². The number of carbonyl (C=O) groups excluding carboxylic acids is 1. The van der Waals surface area contributed by atoms with Crippen LogP contribution in [0.4, 0.5) is 0 Å². The van der Waals surface area contributed by atoms with E-state index in [1.807, 2.05) is 19.1 Å². The third-order valence-corrected chi connectivity index (χ3v) is 3.54. The average molecular weight is 216 g/mol. The van der Waals surface area contributed by atoms with E-state index in [0.29, 0.717) is 6.42 Å². The minimum atomic E-state index is 0.278. The average Bonchev–Trinajstić information content (AvgIpc) is 2.83. The first kappa shape index (κ1) is 11.4. The zero-order valence-electron chi connectivity index (χ0n) is 10.0. The van der Waals surface area contributed by atoms with Gasteiger partial charge in [0.2, 0.25) is 0 Å². The zero-order valence-corrected chi connectivity index (χ0v) is 10.0. The molecule has 1 aromatic carbocycles. The van der Waals surface area contributed by atoms with Crippen LogP contribution in [0.3, 0.4) is 0 Å². The Morgan fingerprint density at radius 1 is 1.19 bits per heavy atom. The van der Waals surface area contributed by atoms with Gasteiger partial charge in [0.15, 0.2) is 5.78 Å². The van der Waals surface area contributed by atoms with E-state index in [0.717, 1.165) is 17.9 Å². The molecule has 0 aromatic heterocycles. The lowest BCUT2D eigenvalue weighted by Gasteiger charge is -2.09. The van der Waals surface area contributed by atoms with Crippen molar-refractivity contribution in [1.29, 1.82) is 0 Å². The van der Waals surface area contributed by atoms with Gasteiger partial charge in [-0.1, -0.05) is 44.0 Å². The second-order valence-electron chi connectivity index (χ2n) is 4.78. The molecule has 1 aliphatic rings. The maximum absolute atomic E-state index is 11.7. The molecule has 0 saturated heterocycles. The van der Waals surface area contributed by atoms with Gasteiger partial charge in [-0.05, 0) is 30.7 Å². The van der Waals surface area contributed by atoms with Crippen LogP contribution in [-0.2, 0) is 0 Å². The molecule has 0 amide bonds. The summed E-state index contributed by atoms with van der Waals surface area (Å²) in [6.07, 6.45) is 6.97. The molecule has 16 heavy (non-hydrogen) atoms. The molecule has 1 saturated carbocycles. The molecule has 0 bridgehead atoms. The lowest BCUT2D eigenvalue weighted by molar-refractivity contribution is 0.0981. The highest BCUT2D eigenvalue weighted by molar-refractivity contribution is 5.96. The van der Waals surface area contributed by atoms with E-state index in [1.54, 1.807) is 0 Å². The van der Waals surface area contributed by atoms with Crippen LogP contribution in [0.2, 0.25) is 0 Å². The molecule has 1 aliphatic carbocycles. The predicted octanol–water partition coefficient (Wildman–Crippen LogP) is 4.33. The van der Waals surface area contributed by atoms with Crippen molar-refractivity contribution in [2.75, 3.05) is 0 Å². The minimum absolute atomic E-state index is 0.278. The summed E-state index contributed by atoms with van der Waals surface area (Å²) in [5.74, 6) is 1.02. The Balaban J connectivity index is 2.06. The van der Waals surface area contributed by atoms with Crippen LogP contribution >= 0.6 is 0 Å². The van der Waals surface area contributed by atoms with Crippen molar-refractivity contribution in [2.24, 2.45) is 0 Å². The van der Waals surface area contributed by atoms with Gasteiger partial charge in [-0.2, -0.15) is 0 Å². The number of benzene rings is 1. The molecule has 0 N–H and O–H groups in total. The van der Waals surface area contributed by atoms with Gasteiger partial charge in [-0.25, -0.2) is 0 Å².